The number of rotatable bonds is 4. The maximum absolute atomic E-state index is 13.9. The van der Waals surface area contributed by atoms with Crippen LogP contribution in [-0.2, 0) is 11.3 Å². The molecular weight excluding hydrogens is 404 g/mol. The maximum Gasteiger partial charge on any atom is 0.241 e. The van der Waals surface area contributed by atoms with Crippen LogP contribution in [0.25, 0.3) is 10.9 Å². The van der Waals surface area contributed by atoms with Gasteiger partial charge in [-0.2, -0.15) is 5.26 Å². The Morgan fingerprint density at radius 1 is 1.31 bits per heavy atom. The number of hydrogen-bond acceptors (Lipinski definition) is 2. The number of benzene rings is 2. The third-order valence-electron chi connectivity index (χ3n) is 4.16. The van der Waals surface area contributed by atoms with Gasteiger partial charge in [0.25, 0.3) is 0 Å². The van der Waals surface area contributed by atoms with E-state index in [2.05, 4.69) is 21.2 Å². The molecule has 0 radical (unpaired) electrons. The van der Waals surface area contributed by atoms with Gasteiger partial charge in [0.1, 0.15) is 24.2 Å². The van der Waals surface area contributed by atoms with Crippen LogP contribution in [-0.4, -0.2) is 10.5 Å². The molecule has 1 heterocycles. The van der Waals surface area contributed by atoms with Crippen LogP contribution in [0.5, 0.6) is 0 Å². The summed E-state index contributed by atoms with van der Waals surface area (Å²) in [6, 6.07) is 11.1. The molecule has 1 aromatic heterocycles. The summed E-state index contributed by atoms with van der Waals surface area (Å²) in [4.78, 5) is 12.4. The van der Waals surface area contributed by atoms with Crippen LogP contribution in [0.3, 0.4) is 0 Å². The first kappa shape index (κ1) is 18.1. The lowest BCUT2D eigenvalue weighted by atomic mass is 10.1. The first-order valence-corrected chi connectivity index (χ1v) is 8.59. The maximum atomic E-state index is 13.9. The monoisotopic (exact) mass is 417 g/mol. The van der Waals surface area contributed by atoms with E-state index in [1.807, 2.05) is 41.8 Å². The molecule has 1 amide bonds. The topological polar surface area (TPSA) is 57.8 Å². The summed E-state index contributed by atoms with van der Waals surface area (Å²) in [5.74, 6) is -2.06. The van der Waals surface area contributed by atoms with E-state index in [9.17, 15) is 18.8 Å². The average Bonchev–Trinajstić information content (AvgIpc) is 2.85. The quantitative estimate of drug-likeness (QED) is 0.684. The molecule has 4 nitrogen and oxygen atoms in total. The van der Waals surface area contributed by atoms with Gasteiger partial charge in [0.05, 0.1) is 6.07 Å². The van der Waals surface area contributed by atoms with Crippen molar-refractivity contribution in [2.75, 3.05) is 0 Å². The van der Waals surface area contributed by atoms with E-state index in [0.29, 0.717) is 6.07 Å². The Bertz CT molecular complexity index is 1040. The van der Waals surface area contributed by atoms with Crippen molar-refractivity contribution in [2.24, 2.45) is 0 Å². The highest BCUT2D eigenvalue weighted by Crippen LogP contribution is 2.30. The number of halogens is 3. The third kappa shape index (κ3) is 3.33. The number of hydrogen-bond donors (Lipinski definition) is 1. The number of amides is 1. The Balaban J connectivity index is 1.85. The fourth-order valence-corrected chi connectivity index (χ4v) is 3.41. The smallest absolute Gasteiger partial charge is 0.241 e. The second-order valence-electron chi connectivity index (χ2n) is 5.80. The number of carbonyl (C=O) groups excluding carboxylic acids is 1. The zero-order valence-electron chi connectivity index (χ0n) is 13.8. The van der Waals surface area contributed by atoms with E-state index >= 15 is 0 Å². The molecule has 3 aromatic rings. The van der Waals surface area contributed by atoms with Gasteiger partial charge in [0, 0.05) is 32.7 Å². The van der Waals surface area contributed by atoms with Crippen molar-refractivity contribution in [2.45, 2.75) is 19.5 Å². The third-order valence-corrected chi connectivity index (χ3v) is 5.16. The molecule has 1 N–H and O–H groups in total. The van der Waals surface area contributed by atoms with E-state index in [1.54, 1.807) is 0 Å². The van der Waals surface area contributed by atoms with Gasteiger partial charge in [-0.05, 0) is 35.0 Å². The SMILES string of the molecule is Cc1c(Br)c2ccccc2n1CC(=O)NC(C#N)c1ccc(F)cc1F. The predicted molar refractivity (Wildman–Crippen MR) is 97.2 cm³/mol. The molecule has 3 rings (SSSR count). The largest absolute Gasteiger partial charge is 0.335 e. The highest BCUT2D eigenvalue weighted by atomic mass is 79.9. The zero-order valence-corrected chi connectivity index (χ0v) is 15.3. The Kier molecular flexibility index (Phi) is 5.05. The second kappa shape index (κ2) is 7.26. The molecule has 0 aliphatic carbocycles. The van der Waals surface area contributed by atoms with Gasteiger partial charge in [-0.15, -0.1) is 0 Å². The van der Waals surface area contributed by atoms with Crippen molar-refractivity contribution in [3.63, 3.8) is 0 Å². The van der Waals surface area contributed by atoms with Crippen molar-refractivity contribution < 1.29 is 13.6 Å². The molecule has 0 aliphatic heterocycles. The Hall–Kier alpha value is -2.72. The highest BCUT2D eigenvalue weighted by molar-refractivity contribution is 9.10. The fourth-order valence-electron chi connectivity index (χ4n) is 2.86. The van der Waals surface area contributed by atoms with Gasteiger partial charge in [-0.1, -0.05) is 24.3 Å². The van der Waals surface area contributed by atoms with Gasteiger partial charge >= 0.3 is 0 Å². The van der Waals surface area contributed by atoms with E-state index in [4.69, 9.17) is 0 Å². The lowest BCUT2D eigenvalue weighted by Gasteiger charge is -2.14. The number of nitrogens with one attached hydrogen (secondary N) is 1. The van der Waals surface area contributed by atoms with Crippen LogP contribution in [0.2, 0.25) is 0 Å². The first-order valence-electron chi connectivity index (χ1n) is 7.79. The van der Waals surface area contributed by atoms with Crippen LogP contribution in [0.4, 0.5) is 8.78 Å². The standard InChI is InChI=1S/C19H14BrF2N3O/c1-11-19(20)14-4-2-3-5-17(14)25(11)10-18(26)24-16(9-23)13-7-6-12(21)8-15(13)22/h2-8,16H,10H2,1H3,(H,24,26). The number of nitrogens with zero attached hydrogens (tertiary/aromatic N) is 2. The van der Waals surface area contributed by atoms with Gasteiger partial charge in [0.2, 0.25) is 5.91 Å². The summed E-state index contributed by atoms with van der Waals surface area (Å²) in [6.07, 6.45) is 0. The first-order chi connectivity index (χ1) is 12.4. The van der Waals surface area contributed by atoms with Crippen molar-refractivity contribution >= 4 is 32.7 Å². The molecule has 0 spiro atoms. The summed E-state index contributed by atoms with van der Waals surface area (Å²) in [6.45, 7) is 1.84. The Labute approximate surface area is 157 Å². The molecular formula is C19H14BrF2N3O. The molecule has 0 saturated heterocycles. The molecule has 0 saturated carbocycles. The summed E-state index contributed by atoms with van der Waals surface area (Å²) in [7, 11) is 0. The number of fused-ring (bicyclic) bond motifs is 1. The van der Waals surface area contributed by atoms with Crippen molar-refractivity contribution in [3.8, 4) is 6.07 Å². The van der Waals surface area contributed by atoms with Gasteiger partial charge in [0.15, 0.2) is 0 Å². The Morgan fingerprint density at radius 3 is 2.73 bits per heavy atom. The van der Waals surface area contributed by atoms with E-state index in [1.165, 1.54) is 0 Å². The molecule has 0 bridgehead atoms. The summed E-state index contributed by atoms with van der Waals surface area (Å²) in [5, 5.41) is 12.7. The summed E-state index contributed by atoms with van der Waals surface area (Å²) in [5.41, 5.74) is 1.66. The molecule has 132 valence electrons. The number of aromatic nitrogens is 1. The molecule has 0 fully saturated rings. The minimum atomic E-state index is -1.20. The number of para-hydroxylation sites is 1. The van der Waals surface area contributed by atoms with E-state index in [-0.39, 0.29) is 12.1 Å². The molecule has 26 heavy (non-hydrogen) atoms. The number of nitriles is 1. The van der Waals surface area contributed by atoms with Gasteiger partial charge in [-0.3, -0.25) is 4.79 Å². The van der Waals surface area contributed by atoms with Crippen LogP contribution in [0.15, 0.2) is 46.9 Å². The molecule has 2 aromatic carbocycles. The van der Waals surface area contributed by atoms with Crippen molar-refractivity contribution in [3.05, 3.63) is 69.8 Å². The van der Waals surface area contributed by atoms with Crippen molar-refractivity contribution in [1.29, 1.82) is 5.26 Å². The minimum Gasteiger partial charge on any atom is -0.335 e. The molecule has 1 unspecified atom stereocenters. The molecule has 0 aliphatic rings. The van der Waals surface area contributed by atoms with E-state index in [0.717, 1.165) is 33.2 Å². The van der Waals surface area contributed by atoms with Crippen LogP contribution in [0.1, 0.15) is 17.3 Å². The Morgan fingerprint density at radius 2 is 2.04 bits per heavy atom. The molecule has 1 atom stereocenters. The zero-order chi connectivity index (χ0) is 18.8. The molecule has 7 heteroatoms. The second-order valence-corrected chi connectivity index (χ2v) is 6.59. The fraction of sp³-hybridized carbons (Fsp3) is 0.158. The van der Waals surface area contributed by atoms with Gasteiger partial charge < -0.3 is 9.88 Å². The summed E-state index contributed by atoms with van der Waals surface area (Å²) < 4.78 is 29.6. The lowest BCUT2D eigenvalue weighted by Crippen LogP contribution is -2.31. The summed E-state index contributed by atoms with van der Waals surface area (Å²) >= 11 is 3.52. The van der Waals surface area contributed by atoms with Crippen LogP contribution < -0.4 is 5.32 Å². The number of carbonyl (C=O) groups is 1. The minimum absolute atomic E-state index is 0.0288. The highest BCUT2D eigenvalue weighted by Gasteiger charge is 2.20. The van der Waals surface area contributed by atoms with Gasteiger partial charge in [-0.25, -0.2) is 8.78 Å². The lowest BCUT2D eigenvalue weighted by molar-refractivity contribution is -0.122. The van der Waals surface area contributed by atoms with Crippen molar-refractivity contribution in [1.82, 2.24) is 9.88 Å². The van der Waals surface area contributed by atoms with Crippen LogP contribution >= 0.6 is 15.9 Å². The average molecular weight is 418 g/mol. The van der Waals surface area contributed by atoms with E-state index < -0.39 is 23.6 Å². The van der Waals surface area contributed by atoms with Crippen LogP contribution in [0, 0.1) is 29.9 Å². The normalized spacial score (nSPS) is 12.0. The predicted octanol–water partition coefficient (Wildman–Crippen LogP) is 4.37.